The van der Waals surface area contributed by atoms with E-state index in [1.54, 1.807) is 0 Å². The Kier molecular flexibility index (Phi) is 5.41. The summed E-state index contributed by atoms with van der Waals surface area (Å²) in [5.74, 6) is 1.67. The number of furan rings is 1. The third-order valence-corrected chi connectivity index (χ3v) is 10.2. The van der Waals surface area contributed by atoms with Crippen molar-refractivity contribution in [3.05, 3.63) is 161 Å². The Labute approximate surface area is 280 Å². The zero-order valence-electron chi connectivity index (χ0n) is 26.4. The molecule has 3 heterocycles. The third kappa shape index (κ3) is 3.80. The molecule has 0 fully saturated rings. The van der Waals surface area contributed by atoms with Gasteiger partial charge in [-0.3, -0.25) is 4.57 Å². The molecule has 4 heteroatoms. The molecule has 10 aromatic rings. The summed E-state index contributed by atoms with van der Waals surface area (Å²) in [5, 5.41) is 11.6. The molecule has 1 aliphatic rings. The molecule has 1 aliphatic carbocycles. The smallest absolute Gasteiger partial charge is 0.235 e. The van der Waals surface area contributed by atoms with Crippen molar-refractivity contribution < 1.29 is 4.42 Å². The van der Waals surface area contributed by atoms with Crippen LogP contribution in [0, 0.1) is 0 Å². The number of aromatic nitrogens is 3. The summed E-state index contributed by atoms with van der Waals surface area (Å²) in [4.78, 5) is 10.8. The van der Waals surface area contributed by atoms with E-state index in [9.17, 15) is 0 Å². The molecule has 0 bridgehead atoms. The summed E-state index contributed by atoms with van der Waals surface area (Å²) in [5.41, 5.74) is 7.22. The van der Waals surface area contributed by atoms with Gasteiger partial charge in [-0.25, -0.2) is 9.97 Å². The van der Waals surface area contributed by atoms with E-state index >= 15 is 0 Å². The van der Waals surface area contributed by atoms with Crippen LogP contribution in [0.15, 0.2) is 144 Å². The van der Waals surface area contributed by atoms with Gasteiger partial charge in [0.15, 0.2) is 0 Å². The summed E-state index contributed by atoms with van der Waals surface area (Å²) >= 11 is 0. The quantitative estimate of drug-likeness (QED) is 0.180. The second-order valence-corrected chi connectivity index (χ2v) is 12.9. The number of benzene rings is 7. The summed E-state index contributed by atoms with van der Waals surface area (Å²) in [6.07, 6.45) is 5.37. The summed E-state index contributed by atoms with van der Waals surface area (Å²) < 4.78 is 8.61. The average Bonchev–Trinajstić information content (AvgIpc) is 3.62. The molecule has 4 nitrogen and oxygen atoms in total. The largest absolute Gasteiger partial charge is 0.460 e. The third-order valence-electron chi connectivity index (χ3n) is 10.2. The molecule has 0 amide bonds. The van der Waals surface area contributed by atoms with Crippen LogP contribution in [0.5, 0.6) is 0 Å². The van der Waals surface area contributed by atoms with Crippen molar-refractivity contribution >= 4 is 77.4 Å². The minimum absolute atomic E-state index is 0.662. The topological polar surface area (TPSA) is 43.9 Å². The van der Waals surface area contributed by atoms with Crippen LogP contribution in [-0.2, 0) is 6.42 Å². The minimum Gasteiger partial charge on any atom is -0.460 e. The predicted octanol–water partition coefficient (Wildman–Crippen LogP) is 9.61. The lowest BCUT2D eigenvalue weighted by Crippen LogP contribution is -2.24. The van der Waals surface area contributed by atoms with Crippen LogP contribution in [0.2, 0.25) is 0 Å². The molecule has 0 unspecified atom stereocenters. The van der Waals surface area contributed by atoms with E-state index in [2.05, 4.69) is 150 Å². The van der Waals surface area contributed by atoms with Gasteiger partial charge in [0.2, 0.25) is 5.95 Å². The van der Waals surface area contributed by atoms with Gasteiger partial charge in [-0.05, 0) is 45.5 Å². The molecule has 0 aliphatic heterocycles. The second kappa shape index (κ2) is 9.99. The van der Waals surface area contributed by atoms with Crippen molar-refractivity contribution in [1.29, 1.82) is 0 Å². The van der Waals surface area contributed by atoms with Crippen LogP contribution < -0.4 is 10.4 Å². The zero-order chi connectivity index (χ0) is 32.1. The number of rotatable bonds is 2. The molecule has 0 radical (unpaired) electrons. The Balaban J connectivity index is 1.29. The number of nitrogens with zero attached hydrogens (tertiary/aromatic N) is 3. The van der Waals surface area contributed by atoms with Crippen molar-refractivity contribution in [3.63, 3.8) is 0 Å². The fraction of sp³-hybridized carbons (Fsp3) is 0.0222. The highest BCUT2D eigenvalue weighted by Crippen LogP contribution is 2.38. The molecular weight excluding hydrogens is 599 g/mol. The first kappa shape index (κ1) is 26.5. The Hall–Kier alpha value is -6.52. The number of hydrogen-bond donors (Lipinski definition) is 0. The van der Waals surface area contributed by atoms with E-state index in [0.717, 1.165) is 78.1 Å². The van der Waals surface area contributed by atoms with E-state index < -0.39 is 0 Å². The van der Waals surface area contributed by atoms with Crippen LogP contribution in [0.1, 0.15) is 11.3 Å². The SMILES string of the molecule is C1=c2ccc3c(ccc4c5ccccc5n(-c5nc(-c6ccccc6)c6ccc7ccccc7c6n5)c34)c2=Cc2c(oc3ccccc23)C1. The lowest BCUT2D eigenvalue weighted by atomic mass is 10.0. The molecule has 0 saturated heterocycles. The normalized spacial score (nSPS) is 12.7. The monoisotopic (exact) mass is 625 g/mol. The summed E-state index contributed by atoms with van der Waals surface area (Å²) in [7, 11) is 0. The molecule has 0 N–H and O–H groups in total. The molecular formula is C45H27N3O. The maximum atomic E-state index is 6.33. The highest BCUT2D eigenvalue weighted by Gasteiger charge is 2.21. The molecule has 3 aromatic heterocycles. The van der Waals surface area contributed by atoms with E-state index in [1.807, 2.05) is 6.07 Å². The first-order chi connectivity index (χ1) is 24.3. The minimum atomic E-state index is 0.662. The zero-order valence-corrected chi connectivity index (χ0v) is 26.4. The van der Waals surface area contributed by atoms with Gasteiger partial charge < -0.3 is 4.42 Å². The van der Waals surface area contributed by atoms with Gasteiger partial charge in [0.05, 0.1) is 22.2 Å². The molecule has 228 valence electrons. The predicted molar refractivity (Wildman–Crippen MR) is 202 cm³/mol. The highest BCUT2D eigenvalue weighted by atomic mass is 16.3. The van der Waals surface area contributed by atoms with E-state index in [4.69, 9.17) is 14.4 Å². The second-order valence-electron chi connectivity index (χ2n) is 12.9. The fourth-order valence-electron chi connectivity index (χ4n) is 7.99. The Bertz CT molecular complexity index is 3130. The number of para-hydroxylation sites is 2. The lowest BCUT2D eigenvalue weighted by molar-refractivity contribution is 0.568. The number of fused-ring (bicyclic) bond motifs is 13. The average molecular weight is 626 g/mol. The van der Waals surface area contributed by atoms with Crippen molar-refractivity contribution in [1.82, 2.24) is 14.5 Å². The Morgan fingerprint density at radius 1 is 0.551 bits per heavy atom. The molecule has 0 spiro atoms. The van der Waals surface area contributed by atoms with Gasteiger partial charge in [0, 0.05) is 49.9 Å². The maximum absolute atomic E-state index is 6.33. The van der Waals surface area contributed by atoms with E-state index in [0.29, 0.717) is 5.95 Å². The highest BCUT2D eigenvalue weighted by molar-refractivity contribution is 6.19. The molecule has 0 saturated carbocycles. The van der Waals surface area contributed by atoms with Crippen molar-refractivity contribution in [3.8, 4) is 17.2 Å². The Morgan fingerprint density at radius 2 is 1.27 bits per heavy atom. The van der Waals surface area contributed by atoms with Crippen molar-refractivity contribution in [2.45, 2.75) is 6.42 Å². The summed E-state index contributed by atoms with van der Waals surface area (Å²) in [6, 6.07) is 49.4. The van der Waals surface area contributed by atoms with Gasteiger partial charge in [0.25, 0.3) is 0 Å². The maximum Gasteiger partial charge on any atom is 0.235 e. The van der Waals surface area contributed by atoms with Crippen LogP contribution in [-0.4, -0.2) is 14.5 Å². The van der Waals surface area contributed by atoms with E-state index in [1.165, 1.54) is 26.6 Å². The Morgan fingerprint density at radius 3 is 2.18 bits per heavy atom. The van der Waals surface area contributed by atoms with Gasteiger partial charge in [-0.1, -0.05) is 127 Å². The van der Waals surface area contributed by atoms with Crippen molar-refractivity contribution in [2.24, 2.45) is 0 Å². The van der Waals surface area contributed by atoms with Gasteiger partial charge >= 0.3 is 0 Å². The lowest BCUT2D eigenvalue weighted by Gasteiger charge is -2.14. The van der Waals surface area contributed by atoms with Gasteiger partial charge in [-0.2, -0.15) is 0 Å². The van der Waals surface area contributed by atoms with Gasteiger partial charge in [0.1, 0.15) is 11.3 Å². The van der Waals surface area contributed by atoms with Crippen LogP contribution in [0.3, 0.4) is 0 Å². The first-order valence-corrected chi connectivity index (χ1v) is 16.7. The van der Waals surface area contributed by atoms with Crippen LogP contribution in [0.25, 0.3) is 94.6 Å². The first-order valence-electron chi connectivity index (χ1n) is 16.7. The van der Waals surface area contributed by atoms with Crippen molar-refractivity contribution in [2.75, 3.05) is 0 Å². The molecule has 11 rings (SSSR count). The fourth-order valence-corrected chi connectivity index (χ4v) is 7.99. The molecule has 7 aromatic carbocycles. The molecule has 49 heavy (non-hydrogen) atoms. The van der Waals surface area contributed by atoms with Gasteiger partial charge in [-0.15, -0.1) is 0 Å². The molecule has 0 atom stereocenters. The standard InChI is InChI=1S/C45H27N3O/c1-2-11-29(12-3-1)42-36-22-19-27-10-4-5-13-30(27)43(36)47-45(46-42)48-39-16-8-6-14-32(39)35-24-23-31-34(44(35)48)21-18-28-20-25-41-38(26-37(28)31)33-15-7-9-17-40(33)49-41/h1-24,26H,25H2. The van der Waals surface area contributed by atoms with E-state index in [-0.39, 0.29) is 0 Å². The van der Waals surface area contributed by atoms with Crippen LogP contribution in [0.4, 0.5) is 0 Å². The number of hydrogen-bond acceptors (Lipinski definition) is 3. The summed E-state index contributed by atoms with van der Waals surface area (Å²) in [6.45, 7) is 0. The van der Waals surface area contributed by atoms with Crippen LogP contribution >= 0.6 is 0 Å².